The molecule has 0 unspecified atom stereocenters. The van der Waals surface area contributed by atoms with E-state index >= 15 is 0 Å². The van der Waals surface area contributed by atoms with E-state index in [1.54, 1.807) is 0 Å². The summed E-state index contributed by atoms with van der Waals surface area (Å²) in [6.07, 6.45) is 0. The first-order valence-corrected chi connectivity index (χ1v) is 7.14. The zero-order valence-corrected chi connectivity index (χ0v) is 15.6. The number of nitrogens with two attached hydrogens (primary N) is 1. The van der Waals surface area contributed by atoms with Gasteiger partial charge in [-0.1, -0.05) is 36.4 Å². The number of ether oxygens (including phenoxy) is 1. The molecule has 0 spiro atoms. The van der Waals surface area contributed by atoms with Crippen molar-refractivity contribution in [1.29, 1.82) is 0 Å². The minimum atomic E-state index is -0.0793. The average Bonchev–Trinajstić information content (AvgIpc) is 2.42. The highest BCUT2D eigenvalue weighted by Gasteiger charge is 2.09. The van der Waals surface area contributed by atoms with Gasteiger partial charge in [0.2, 0.25) is 0 Å². The molecule has 0 heterocycles. The number of aliphatic imine (C=N–C) groups is 1. The van der Waals surface area contributed by atoms with Crippen molar-refractivity contribution in [3.63, 3.8) is 0 Å². The molecule has 22 heavy (non-hydrogen) atoms. The Hall–Kier alpha value is -1.50. The van der Waals surface area contributed by atoms with Crippen LogP contribution in [0.4, 0.5) is 0 Å². The van der Waals surface area contributed by atoms with Crippen molar-refractivity contribution in [2.24, 2.45) is 10.7 Å². The maximum atomic E-state index is 5.81. The monoisotopic (exact) mass is 413 g/mol. The fourth-order valence-corrected chi connectivity index (χ4v) is 2.07. The molecule has 0 aliphatic heterocycles. The fourth-order valence-electron chi connectivity index (χ4n) is 2.07. The second-order valence-electron chi connectivity index (χ2n) is 5.97. The first-order valence-electron chi connectivity index (χ1n) is 7.14. The van der Waals surface area contributed by atoms with Crippen LogP contribution < -0.4 is 15.8 Å². The van der Waals surface area contributed by atoms with E-state index in [4.69, 9.17) is 10.5 Å². The largest absolute Gasteiger partial charge is 0.491 e. The van der Waals surface area contributed by atoms with Crippen LogP contribution in [0.3, 0.4) is 0 Å². The summed E-state index contributed by atoms with van der Waals surface area (Å²) in [6.45, 7) is 7.16. The van der Waals surface area contributed by atoms with Crippen LogP contribution in [0.5, 0.6) is 5.75 Å². The highest BCUT2D eigenvalue weighted by atomic mass is 127. The second kappa shape index (κ2) is 8.22. The topological polar surface area (TPSA) is 59.6 Å². The first-order chi connectivity index (χ1) is 9.96. The molecule has 0 saturated carbocycles. The summed E-state index contributed by atoms with van der Waals surface area (Å²) in [5, 5.41) is 5.41. The van der Waals surface area contributed by atoms with Gasteiger partial charge in [0.15, 0.2) is 5.96 Å². The van der Waals surface area contributed by atoms with E-state index in [-0.39, 0.29) is 29.5 Å². The van der Waals surface area contributed by atoms with E-state index in [1.165, 1.54) is 5.39 Å². The Morgan fingerprint density at radius 3 is 2.55 bits per heavy atom. The minimum Gasteiger partial charge on any atom is -0.491 e. The molecule has 0 bridgehead atoms. The van der Waals surface area contributed by atoms with Crippen molar-refractivity contribution in [1.82, 2.24) is 5.32 Å². The van der Waals surface area contributed by atoms with E-state index < -0.39 is 0 Å². The number of nitrogens with zero attached hydrogens (tertiary/aromatic N) is 1. The Labute approximate surface area is 149 Å². The molecule has 0 radical (unpaired) electrons. The number of benzene rings is 2. The van der Waals surface area contributed by atoms with Gasteiger partial charge >= 0.3 is 0 Å². The maximum absolute atomic E-state index is 5.81. The predicted molar refractivity (Wildman–Crippen MR) is 104 cm³/mol. The van der Waals surface area contributed by atoms with Crippen LogP contribution in [0, 0.1) is 0 Å². The number of guanidine groups is 1. The smallest absolute Gasteiger partial charge is 0.189 e. The quantitative estimate of drug-likeness (QED) is 0.349. The Morgan fingerprint density at radius 2 is 1.82 bits per heavy atom. The molecule has 2 rings (SSSR count). The predicted octanol–water partition coefficient (Wildman–Crippen LogP) is 3.54. The molecule has 0 aliphatic carbocycles. The van der Waals surface area contributed by atoms with E-state index in [2.05, 4.69) is 28.5 Å². The number of hydrogen-bond acceptors (Lipinski definition) is 2. The fraction of sp³-hybridized carbons (Fsp3) is 0.353. The van der Waals surface area contributed by atoms with Crippen molar-refractivity contribution < 1.29 is 4.74 Å². The van der Waals surface area contributed by atoms with Crippen LogP contribution >= 0.6 is 24.0 Å². The SMILES string of the molecule is CC(C)(C)NC(N)=NCCOc1cccc2ccccc12.I. The van der Waals surface area contributed by atoms with Crippen LogP contribution in [-0.2, 0) is 0 Å². The van der Waals surface area contributed by atoms with Crippen molar-refractivity contribution in [3.05, 3.63) is 42.5 Å². The molecule has 0 amide bonds. The second-order valence-corrected chi connectivity index (χ2v) is 5.97. The molecular weight excluding hydrogens is 389 g/mol. The van der Waals surface area contributed by atoms with Crippen molar-refractivity contribution in [3.8, 4) is 5.75 Å². The minimum absolute atomic E-state index is 0. The van der Waals surface area contributed by atoms with Gasteiger partial charge < -0.3 is 15.8 Å². The first kappa shape index (κ1) is 18.5. The van der Waals surface area contributed by atoms with Crippen LogP contribution in [0.2, 0.25) is 0 Å². The molecule has 2 aromatic carbocycles. The lowest BCUT2D eigenvalue weighted by molar-refractivity contribution is 0.332. The summed E-state index contributed by atoms with van der Waals surface area (Å²) in [5.41, 5.74) is 5.73. The normalized spacial score (nSPS) is 11.9. The molecule has 0 atom stereocenters. The van der Waals surface area contributed by atoms with E-state index in [1.807, 2.05) is 45.0 Å². The molecule has 3 N–H and O–H groups in total. The number of nitrogens with one attached hydrogen (secondary N) is 1. The highest BCUT2D eigenvalue weighted by molar-refractivity contribution is 14.0. The molecule has 120 valence electrons. The van der Waals surface area contributed by atoms with E-state index in [0.29, 0.717) is 19.1 Å². The number of hydrogen-bond donors (Lipinski definition) is 2. The van der Waals surface area contributed by atoms with Gasteiger partial charge in [-0.2, -0.15) is 0 Å². The van der Waals surface area contributed by atoms with Gasteiger partial charge in [0.25, 0.3) is 0 Å². The lowest BCUT2D eigenvalue weighted by atomic mass is 10.1. The van der Waals surface area contributed by atoms with Gasteiger partial charge in [-0.15, -0.1) is 24.0 Å². The van der Waals surface area contributed by atoms with Crippen molar-refractivity contribution >= 4 is 40.7 Å². The Balaban J connectivity index is 0.00000242. The van der Waals surface area contributed by atoms with Crippen LogP contribution in [0.15, 0.2) is 47.5 Å². The molecule has 5 heteroatoms. The standard InChI is InChI=1S/C17H23N3O.HI/c1-17(2,3)20-16(18)19-11-12-21-15-10-6-8-13-7-4-5-9-14(13)15;/h4-10H,11-12H2,1-3H3,(H3,18,19,20);1H. The molecule has 0 aromatic heterocycles. The summed E-state index contributed by atoms with van der Waals surface area (Å²) in [4.78, 5) is 4.26. The Morgan fingerprint density at radius 1 is 1.14 bits per heavy atom. The van der Waals surface area contributed by atoms with Gasteiger partial charge in [0, 0.05) is 10.9 Å². The zero-order chi connectivity index (χ0) is 15.3. The molecule has 2 aromatic rings. The van der Waals surface area contributed by atoms with Crippen LogP contribution in [0.1, 0.15) is 20.8 Å². The highest BCUT2D eigenvalue weighted by Crippen LogP contribution is 2.24. The lowest BCUT2D eigenvalue weighted by Gasteiger charge is -2.21. The summed E-state index contributed by atoms with van der Waals surface area (Å²) in [6, 6.07) is 14.2. The third kappa shape index (κ3) is 5.71. The molecule has 0 aliphatic rings. The van der Waals surface area contributed by atoms with Gasteiger partial charge in [0.1, 0.15) is 12.4 Å². The summed E-state index contributed by atoms with van der Waals surface area (Å²) in [5.74, 6) is 1.33. The molecule has 0 saturated heterocycles. The summed E-state index contributed by atoms with van der Waals surface area (Å²) < 4.78 is 5.81. The Kier molecular flexibility index (Phi) is 6.93. The van der Waals surface area contributed by atoms with Gasteiger partial charge in [-0.25, -0.2) is 4.99 Å². The molecular formula is C17H24IN3O. The third-order valence-electron chi connectivity index (χ3n) is 2.88. The summed E-state index contributed by atoms with van der Waals surface area (Å²) in [7, 11) is 0. The molecule has 4 nitrogen and oxygen atoms in total. The number of rotatable bonds is 4. The molecule has 0 fully saturated rings. The Bertz CT molecular complexity index is 630. The van der Waals surface area contributed by atoms with Gasteiger partial charge in [-0.3, -0.25) is 0 Å². The van der Waals surface area contributed by atoms with Crippen molar-refractivity contribution in [2.75, 3.05) is 13.2 Å². The van der Waals surface area contributed by atoms with Crippen LogP contribution in [-0.4, -0.2) is 24.7 Å². The average molecular weight is 413 g/mol. The number of halogens is 1. The number of fused-ring (bicyclic) bond motifs is 1. The van der Waals surface area contributed by atoms with Crippen molar-refractivity contribution in [2.45, 2.75) is 26.3 Å². The zero-order valence-electron chi connectivity index (χ0n) is 13.3. The van der Waals surface area contributed by atoms with Crippen LogP contribution in [0.25, 0.3) is 10.8 Å². The third-order valence-corrected chi connectivity index (χ3v) is 2.88. The lowest BCUT2D eigenvalue weighted by Crippen LogP contribution is -2.45. The summed E-state index contributed by atoms with van der Waals surface area (Å²) >= 11 is 0. The van der Waals surface area contributed by atoms with E-state index in [0.717, 1.165) is 11.1 Å². The van der Waals surface area contributed by atoms with Gasteiger partial charge in [0.05, 0.1) is 6.54 Å². The maximum Gasteiger partial charge on any atom is 0.189 e. The van der Waals surface area contributed by atoms with E-state index in [9.17, 15) is 0 Å². The van der Waals surface area contributed by atoms with Gasteiger partial charge in [-0.05, 0) is 32.2 Å².